The largest absolute Gasteiger partial charge is 0.420 e. The quantitative estimate of drug-likeness (QED) is 0.674. The normalized spacial score (nSPS) is 18.7. The number of thiophene rings is 1. The van der Waals surface area contributed by atoms with Crippen LogP contribution in [0.3, 0.4) is 0 Å². The SMILES string of the molecule is O=S(=O)(c1ccc(Cl)cc1)N1CC[C@@H](c2nnc(-c3cccs3)o2)C1. The molecular weight excluding hydrogens is 382 g/mol. The van der Waals surface area contributed by atoms with Gasteiger partial charge < -0.3 is 4.42 Å². The van der Waals surface area contributed by atoms with Crippen LogP contribution in [-0.2, 0) is 10.0 Å². The minimum atomic E-state index is -3.55. The highest BCUT2D eigenvalue weighted by Gasteiger charge is 2.35. The number of halogens is 1. The number of hydrogen-bond donors (Lipinski definition) is 0. The van der Waals surface area contributed by atoms with Crippen molar-refractivity contribution in [1.82, 2.24) is 14.5 Å². The number of benzene rings is 1. The van der Waals surface area contributed by atoms with Gasteiger partial charge in [0.15, 0.2) is 0 Å². The van der Waals surface area contributed by atoms with E-state index in [-0.39, 0.29) is 10.8 Å². The maximum absolute atomic E-state index is 12.7. The second-order valence-electron chi connectivity index (χ2n) is 5.73. The van der Waals surface area contributed by atoms with Crippen molar-refractivity contribution >= 4 is 33.0 Å². The van der Waals surface area contributed by atoms with Crippen molar-refractivity contribution in [1.29, 1.82) is 0 Å². The number of nitrogens with zero attached hydrogens (tertiary/aromatic N) is 3. The Labute approximate surface area is 154 Å². The first kappa shape index (κ1) is 16.7. The molecule has 25 heavy (non-hydrogen) atoms. The lowest BCUT2D eigenvalue weighted by molar-refractivity contribution is 0.440. The smallest absolute Gasteiger partial charge is 0.257 e. The first-order valence-electron chi connectivity index (χ1n) is 7.67. The van der Waals surface area contributed by atoms with E-state index >= 15 is 0 Å². The molecule has 0 spiro atoms. The van der Waals surface area contributed by atoms with Crippen LogP contribution in [-0.4, -0.2) is 36.0 Å². The molecule has 0 aliphatic carbocycles. The summed E-state index contributed by atoms with van der Waals surface area (Å²) >= 11 is 7.36. The second kappa shape index (κ2) is 6.53. The zero-order valence-electron chi connectivity index (χ0n) is 13.0. The van der Waals surface area contributed by atoms with Gasteiger partial charge in [0.1, 0.15) is 0 Å². The molecule has 0 amide bonds. The van der Waals surface area contributed by atoms with Gasteiger partial charge in [0, 0.05) is 18.1 Å². The van der Waals surface area contributed by atoms with Crippen molar-refractivity contribution in [2.75, 3.05) is 13.1 Å². The summed E-state index contributed by atoms with van der Waals surface area (Å²) in [5, 5.41) is 10.6. The van der Waals surface area contributed by atoms with Gasteiger partial charge in [-0.2, -0.15) is 4.31 Å². The number of sulfonamides is 1. The van der Waals surface area contributed by atoms with E-state index in [9.17, 15) is 8.42 Å². The first-order chi connectivity index (χ1) is 12.0. The highest BCUT2D eigenvalue weighted by Crippen LogP contribution is 2.32. The Kier molecular flexibility index (Phi) is 4.36. The first-order valence-corrected chi connectivity index (χ1v) is 10.4. The van der Waals surface area contributed by atoms with Gasteiger partial charge in [0.05, 0.1) is 15.7 Å². The Hall–Kier alpha value is -1.74. The third-order valence-corrected chi connectivity index (χ3v) is 7.11. The average Bonchev–Trinajstić information content (AvgIpc) is 3.34. The third-order valence-electron chi connectivity index (χ3n) is 4.12. The molecular formula is C16H14ClN3O3S2. The molecule has 3 heterocycles. The molecule has 0 N–H and O–H groups in total. The molecule has 9 heteroatoms. The van der Waals surface area contributed by atoms with Crippen LogP contribution in [0.2, 0.25) is 5.02 Å². The van der Waals surface area contributed by atoms with Crippen molar-refractivity contribution in [3.8, 4) is 10.8 Å². The van der Waals surface area contributed by atoms with Crippen molar-refractivity contribution < 1.29 is 12.8 Å². The van der Waals surface area contributed by atoms with Gasteiger partial charge in [0.2, 0.25) is 15.9 Å². The van der Waals surface area contributed by atoms with Gasteiger partial charge >= 0.3 is 0 Å². The summed E-state index contributed by atoms with van der Waals surface area (Å²) in [6, 6.07) is 10.0. The van der Waals surface area contributed by atoms with E-state index in [1.54, 1.807) is 12.1 Å². The molecule has 1 aromatic carbocycles. The van der Waals surface area contributed by atoms with Crippen LogP contribution >= 0.6 is 22.9 Å². The van der Waals surface area contributed by atoms with E-state index in [1.165, 1.54) is 27.8 Å². The number of rotatable bonds is 4. The third kappa shape index (κ3) is 3.22. The van der Waals surface area contributed by atoms with Crippen molar-refractivity contribution in [3.63, 3.8) is 0 Å². The maximum atomic E-state index is 12.7. The molecule has 1 fully saturated rings. The molecule has 6 nitrogen and oxygen atoms in total. The van der Waals surface area contributed by atoms with Gasteiger partial charge in [-0.1, -0.05) is 17.7 Å². The van der Waals surface area contributed by atoms with Crippen LogP contribution in [0.1, 0.15) is 18.2 Å². The van der Waals surface area contributed by atoms with Crippen LogP contribution in [0.15, 0.2) is 51.1 Å². The zero-order valence-corrected chi connectivity index (χ0v) is 15.4. The lowest BCUT2D eigenvalue weighted by Crippen LogP contribution is -2.28. The predicted molar refractivity (Wildman–Crippen MR) is 95.2 cm³/mol. The molecule has 4 rings (SSSR count). The lowest BCUT2D eigenvalue weighted by atomic mass is 10.1. The van der Waals surface area contributed by atoms with Crippen LogP contribution in [0, 0.1) is 0 Å². The van der Waals surface area contributed by atoms with Gasteiger partial charge in [0.25, 0.3) is 5.89 Å². The maximum Gasteiger partial charge on any atom is 0.257 e. The molecule has 1 saturated heterocycles. The van der Waals surface area contributed by atoms with Gasteiger partial charge in [-0.05, 0) is 42.1 Å². The molecule has 0 radical (unpaired) electrons. The lowest BCUT2D eigenvalue weighted by Gasteiger charge is -2.16. The summed E-state index contributed by atoms with van der Waals surface area (Å²) in [5.74, 6) is 0.865. The number of hydrogen-bond acceptors (Lipinski definition) is 6. The van der Waals surface area contributed by atoms with E-state index in [0.717, 1.165) is 4.88 Å². The predicted octanol–water partition coefficient (Wildman–Crippen LogP) is 3.63. The Morgan fingerprint density at radius 3 is 2.72 bits per heavy atom. The fourth-order valence-corrected chi connectivity index (χ4v) is 5.07. The van der Waals surface area contributed by atoms with Gasteiger partial charge in [-0.3, -0.25) is 0 Å². The fraction of sp³-hybridized carbons (Fsp3) is 0.250. The monoisotopic (exact) mass is 395 g/mol. The summed E-state index contributed by atoms with van der Waals surface area (Å²) in [6.45, 7) is 0.753. The van der Waals surface area contributed by atoms with Crippen molar-refractivity contribution in [2.45, 2.75) is 17.2 Å². The topological polar surface area (TPSA) is 76.3 Å². The molecule has 0 saturated carbocycles. The molecule has 2 aromatic heterocycles. The minimum Gasteiger partial charge on any atom is -0.420 e. The summed E-state index contributed by atoms with van der Waals surface area (Å²) in [6.07, 6.45) is 0.652. The van der Waals surface area contributed by atoms with Crippen LogP contribution < -0.4 is 0 Å². The number of aromatic nitrogens is 2. The summed E-state index contributed by atoms with van der Waals surface area (Å²) in [5.41, 5.74) is 0. The molecule has 1 aliphatic rings. The molecule has 0 bridgehead atoms. The average molecular weight is 396 g/mol. The molecule has 130 valence electrons. The second-order valence-corrected chi connectivity index (χ2v) is 9.05. The van der Waals surface area contributed by atoms with E-state index in [2.05, 4.69) is 10.2 Å². The molecule has 3 aromatic rings. The van der Waals surface area contributed by atoms with Gasteiger partial charge in [-0.15, -0.1) is 21.5 Å². The van der Waals surface area contributed by atoms with Crippen LogP contribution in [0.25, 0.3) is 10.8 Å². The Balaban J connectivity index is 1.52. The van der Waals surface area contributed by atoms with E-state index in [1.807, 2.05) is 17.5 Å². The zero-order chi connectivity index (χ0) is 17.4. The summed E-state index contributed by atoms with van der Waals surface area (Å²) in [7, 11) is -3.55. The van der Waals surface area contributed by atoms with Crippen molar-refractivity contribution in [3.05, 3.63) is 52.7 Å². The van der Waals surface area contributed by atoms with Gasteiger partial charge in [-0.25, -0.2) is 8.42 Å². The Morgan fingerprint density at radius 2 is 2.00 bits per heavy atom. The summed E-state index contributed by atoms with van der Waals surface area (Å²) in [4.78, 5) is 1.14. The minimum absolute atomic E-state index is 0.0942. The van der Waals surface area contributed by atoms with Crippen LogP contribution in [0.5, 0.6) is 0 Å². The van der Waals surface area contributed by atoms with Crippen LogP contribution in [0.4, 0.5) is 0 Å². The van der Waals surface area contributed by atoms with Crippen molar-refractivity contribution in [2.24, 2.45) is 0 Å². The summed E-state index contributed by atoms with van der Waals surface area (Å²) < 4.78 is 32.7. The Morgan fingerprint density at radius 1 is 1.20 bits per heavy atom. The van der Waals surface area contributed by atoms with E-state index in [0.29, 0.717) is 36.3 Å². The van der Waals surface area contributed by atoms with E-state index in [4.69, 9.17) is 16.0 Å². The van der Waals surface area contributed by atoms with E-state index < -0.39 is 10.0 Å². The Bertz CT molecular complexity index is 968. The standard InChI is InChI=1S/C16H14ClN3O3S2/c17-12-3-5-13(6-4-12)25(21,22)20-8-7-11(10-20)15-18-19-16(23-15)14-2-1-9-24-14/h1-6,9,11H,7-8,10H2/t11-/m1/s1. The fourth-order valence-electron chi connectivity index (χ4n) is 2.80. The molecule has 1 aliphatic heterocycles. The molecule has 1 atom stereocenters. The molecule has 0 unspecified atom stereocenters. The highest BCUT2D eigenvalue weighted by atomic mass is 35.5. The highest BCUT2D eigenvalue weighted by molar-refractivity contribution is 7.89.